The predicted molar refractivity (Wildman–Crippen MR) is 121 cm³/mol. The van der Waals surface area contributed by atoms with E-state index in [9.17, 15) is 9.59 Å². The lowest BCUT2D eigenvalue weighted by Gasteiger charge is -2.38. The molecular weight excluding hydrogens is 388 g/mol. The molecule has 164 valence electrons. The lowest BCUT2D eigenvalue weighted by Crippen LogP contribution is -2.49. The summed E-state index contributed by atoms with van der Waals surface area (Å²) < 4.78 is 5.61. The van der Waals surface area contributed by atoms with Crippen molar-refractivity contribution in [3.63, 3.8) is 0 Å². The van der Waals surface area contributed by atoms with E-state index in [2.05, 4.69) is 30.3 Å². The van der Waals surface area contributed by atoms with Crippen LogP contribution in [0.1, 0.15) is 31.2 Å². The second-order valence-electron chi connectivity index (χ2n) is 8.74. The quantitative estimate of drug-likeness (QED) is 0.715. The van der Waals surface area contributed by atoms with Crippen molar-refractivity contribution in [2.24, 2.45) is 11.8 Å². The largest absolute Gasteiger partial charge is 0.484 e. The molecule has 0 radical (unpaired) electrons. The fourth-order valence-corrected chi connectivity index (χ4v) is 4.72. The average Bonchev–Trinajstić information content (AvgIpc) is 2.84. The highest BCUT2D eigenvalue weighted by Gasteiger charge is 2.33. The molecule has 0 unspecified atom stereocenters. The van der Waals surface area contributed by atoms with E-state index in [1.807, 2.05) is 35.2 Å². The van der Waals surface area contributed by atoms with Crippen LogP contribution >= 0.6 is 0 Å². The number of likely N-dealkylation sites (tertiary alicyclic amines) is 2. The summed E-state index contributed by atoms with van der Waals surface area (Å²) >= 11 is 0. The summed E-state index contributed by atoms with van der Waals surface area (Å²) in [4.78, 5) is 29.6. The van der Waals surface area contributed by atoms with Crippen molar-refractivity contribution in [2.45, 2.75) is 32.1 Å². The number of hydrogen-bond acceptors (Lipinski definition) is 3. The smallest absolute Gasteiger partial charge is 0.260 e. The van der Waals surface area contributed by atoms with Gasteiger partial charge in [-0.3, -0.25) is 9.59 Å². The zero-order valence-electron chi connectivity index (χ0n) is 18.1. The predicted octanol–water partition coefficient (Wildman–Crippen LogP) is 3.79. The number of amides is 2. The molecule has 2 saturated heterocycles. The van der Waals surface area contributed by atoms with Gasteiger partial charge < -0.3 is 14.5 Å². The minimum atomic E-state index is -0.0832. The van der Waals surface area contributed by atoms with Crippen LogP contribution in [0.3, 0.4) is 0 Å². The van der Waals surface area contributed by atoms with Gasteiger partial charge in [0.1, 0.15) is 5.75 Å². The molecule has 0 spiro atoms. The summed E-state index contributed by atoms with van der Waals surface area (Å²) in [5.41, 5.74) is 1.38. The van der Waals surface area contributed by atoms with Crippen LogP contribution in [0.4, 0.5) is 0 Å². The summed E-state index contributed by atoms with van der Waals surface area (Å²) in [6.07, 6.45) is 4.95. The Hall–Kier alpha value is -2.82. The number of hydrogen-bond donors (Lipinski definition) is 0. The van der Waals surface area contributed by atoms with E-state index in [0.29, 0.717) is 24.8 Å². The first-order valence-electron chi connectivity index (χ1n) is 11.5. The van der Waals surface area contributed by atoms with Gasteiger partial charge in [0.25, 0.3) is 5.91 Å². The molecule has 2 aromatic carbocycles. The van der Waals surface area contributed by atoms with Gasteiger partial charge in [-0.2, -0.15) is 0 Å². The molecular formula is C26H32N2O3. The molecule has 5 nitrogen and oxygen atoms in total. The van der Waals surface area contributed by atoms with Gasteiger partial charge in [0.15, 0.2) is 6.61 Å². The van der Waals surface area contributed by atoms with Crippen LogP contribution in [0.15, 0.2) is 60.7 Å². The topological polar surface area (TPSA) is 49.9 Å². The number of ether oxygens (including phenoxy) is 1. The molecule has 2 heterocycles. The van der Waals surface area contributed by atoms with E-state index in [1.54, 1.807) is 4.90 Å². The molecule has 2 aromatic rings. The normalized spacial score (nSPS) is 19.8. The van der Waals surface area contributed by atoms with E-state index in [4.69, 9.17) is 4.74 Å². The molecule has 0 saturated carbocycles. The Balaban J connectivity index is 1.23. The van der Waals surface area contributed by atoms with E-state index >= 15 is 0 Å². The maximum absolute atomic E-state index is 13.1. The van der Waals surface area contributed by atoms with E-state index in [-0.39, 0.29) is 24.3 Å². The summed E-state index contributed by atoms with van der Waals surface area (Å²) in [5.74, 6) is 1.44. The Morgan fingerprint density at radius 3 is 2.23 bits per heavy atom. The van der Waals surface area contributed by atoms with E-state index in [1.165, 1.54) is 5.56 Å². The Morgan fingerprint density at radius 2 is 1.52 bits per heavy atom. The molecule has 2 fully saturated rings. The van der Waals surface area contributed by atoms with Gasteiger partial charge in [0.05, 0.1) is 5.92 Å². The maximum atomic E-state index is 13.1. The van der Waals surface area contributed by atoms with Gasteiger partial charge in [-0.1, -0.05) is 48.5 Å². The molecule has 0 aliphatic carbocycles. The molecule has 2 aliphatic heterocycles. The Bertz CT molecular complexity index is 847. The molecule has 5 heteroatoms. The Labute approximate surface area is 185 Å². The highest BCUT2D eigenvalue weighted by Crippen LogP contribution is 2.25. The zero-order valence-corrected chi connectivity index (χ0v) is 18.1. The van der Waals surface area contributed by atoms with Crippen molar-refractivity contribution in [2.75, 3.05) is 32.8 Å². The van der Waals surface area contributed by atoms with Crippen LogP contribution in [0.5, 0.6) is 5.75 Å². The third-order valence-corrected chi connectivity index (χ3v) is 6.52. The van der Waals surface area contributed by atoms with Gasteiger partial charge in [0.2, 0.25) is 5.91 Å². The first-order chi connectivity index (χ1) is 15.2. The van der Waals surface area contributed by atoms with E-state index in [0.717, 1.165) is 45.2 Å². The molecule has 0 aromatic heterocycles. The van der Waals surface area contributed by atoms with Crippen molar-refractivity contribution < 1.29 is 14.3 Å². The molecule has 0 N–H and O–H groups in total. The molecule has 1 atom stereocenters. The first-order valence-corrected chi connectivity index (χ1v) is 11.5. The lowest BCUT2D eigenvalue weighted by molar-refractivity contribution is -0.142. The van der Waals surface area contributed by atoms with Crippen LogP contribution in [0.25, 0.3) is 0 Å². The monoisotopic (exact) mass is 420 g/mol. The van der Waals surface area contributed by atoms with Crippen LogP contribution < -0.4 is 4.74 Å². The Kier molecular flexibility index (Phi) is 7.23. The summed E-state index contributed by atoms with van der Waals surface area (Å²) in [6, 6.07) is 20.0. The fourth-order valence-electron chi connectivity index (χ4n) is 4.72. The van der Waals surface area contributed by atoms with Crippen molar-refractivity contribution in [1.29, 1.82) is 0 Å². The zero-order chi connectivity index (χ0) is 21.5. The van der Waals surface area contributed by atoms with Gasteiger partial charge in [0, 0.05) is 26.2 Å². The summed E-state index contributed by atoms with van der Waals surface area (Å²) in [6.45, 7) is 2.91. The molecule has 31 heavy (non-hydrogen) atoms. The number of carbonyl (C=O) groups is 2. The van der Waals surface area contributed by atoms with Gasteiger partial charge >= 0.3 is 0 Å². The van der Waals surface area contributed by atoms with Gasteiger partial charge in [-0.15, -0.1) is 0 Å². The number of carbonyl (C=O) groups excluding carboxylic acids is 2. The summed E-state index contributed by atoms with van der Waals surface area (Å²) in [7, 11) is 0. The molecule has 2 amide bonds. The number of rotatable bonds is 6. The third kappa shape index (κ3) is 5.87. The third-order valence-electron chi connectivity index (χ3n) is 6.52. The minimum Gasteiger partial charge on any atom is -0.484 e. The second kappa shape index (κ2) is 10.5. The lowest BCUT2D eigenvalue weighted by atomic mass is 9.89. The van der Waals surface area contributed by atoms with Crippen molar-refractivity contribution in [1.82, 2.24) is 9.80 Å². The highest BCUT2D eigenvalue weighted by molar-refractivity contribution is 5.82. The molecule has 2 aliphatic rings. The first kappa shape index (κ1) is 21.4. The van der Waals surface area contributed by atoms with Crippen molar-refractivity contribution >= 4 is 11.8 Å². The van der Waals surface area contributed by atoms with Gasteiger partial charge in [-0.05, 0) is 55.7 Å². The molecule has 4 rings (SSSR count). The number of nitrogens with zero attached hydrogens (tertiary/aromatic N) is 2. The van der Waals surface area contributed by atoms with Crippen LogP contribution in [-0.4, -0.2) is 54.4 Å². The number of piperidine rings is 2. The minimum absolute atomic E-state index is 0.0236. The van der Waals surface area contributed by atoms with Crippen LogP contribution in [0, 0.1) is 11.8 Å². The van der Waals surface area contributed by atoms with Crippen molar-refractivity contribution in [3.8, 4) is 5.75 Å². The van der Waals surface area contributed by atoms with Gasteiger partial charge in [-0.25, -0.2) is 0 Å². The van der Waals surface area contributed by atoms with Crippen molar-refractivity contribution in [3.05, 3.63) is 66.2 Å². The number of benzene rings is 2. The average molecular weight is 421 g/mol. The Morgan fingerprint density at radius 1 is 0.839 bits per heavy atom. The highest BCUT2D eigenvalue weighted by atomic mass is 16.5. The SMILES string of the molecule is O=C(COc1ccccc1)N1CCC[C@H](C(=O)N2CCC(Cc3ccccc3)CC2)C1. The van der Waals surface area contributed by atoms with E-state index < -0.39 is 0 Å². The fraction of sp³-hybridized carbons (Fsp3) is 0.462. The standard InChI is InChI=1S/C26H32N2O3/c29-25(20-31-24-11-5-2-6-12-24)28-15-7-10-23(19-28)26(30)27-16-13-22(14-17-27)18-21-8-3-1-4-9-21/h1-6,8-9,11-12,22-23H,7,10,13-20H2/t23-/m0/s1. The molecule has 0 bridgehead atoms. The maximum Gasteiger partial charge on any atom is 0.260 e. The number of para-hydroxylation sites is 1. The summed E-state index contributed by atoms with van der Waals surface area (Å²) in [5, 5.41) is 0. The second-order valence-corrected chi connectivity index (χ2v) is 8.74. The van der Waals surface area contributed by atoms with Crippen LogP contribution in [0.2, 0.25) is 0 Å². The van der Waals surface area contributed by atoms with Crippen LogP contribution in [-0.2, 0) is 16.0 Å².